The second-order valence-electron chi connectivity index (χ2n) is 6.53. The molecule has 6 heteroatoms. The molecule has 0 fully saturated rings. The van der Waals surface area contributed by atoms with Crippen LogP contribution in [0.3, 0.4) is 0 Å². The van der Waals surface area contributed by atoms with Crippen LogP contribution in [0, 0.1) is 0 Å². The lowest BCUT2D eigenvalue weighted by Crippen LogP contribution is -1.93. The minimum Gasteiger partial charge on any atom is -0.481 e. The molecule has 3 radical (unpaired) electrons. The van der Waals surface area contributed by atoms with E-state index in [4.69, 9.17) is 10.2 Å². The summed E-state index contributed by atoms with van der Waals surface area (Å²) < 4.78 is 0. The van der Waals surface area contributed by atoms with Gasteiger partial charge in [0.1, 0.15) is 0 Å². The third-order valence-corrected chi connectivity index (χ3v) is 3.99. The first-order valence-corrected chi connectivity index (χ1v) is 9.98. The summed E-state index contributed by atoms with van der Waals surface area (Å²) in [7, 11) is 0. The van der Waals surface area contributed by atoms with Crippen LogP contribution in [-0.4, -0.2) is 45.0 Å². The standard InChI is InChI=1S/2C10H20O2.Al.H2O/c2*1-2-3-4-5-6-7-8-9-10(11)12;;/h2*2-9H2,1H3,(H,11,12);;1H2. The van der Waals surface area contributed by atoms with E-state index in [1.807, 2.05) is 0 Å². The molecule has 0 aromatic heterocycles. The predicted molar refractivity (Wildman–Crippen MR) is 110 cm³/mol. The molecule has 0 heterocycles. The molecule has 0 amide bonds. The van der Waals surface area contributed by atoms with Crippen molar-refractivity contribution < 1.29 is 25.3 Å². The van der Waals surface area contributed by atoms with E-state index < -0.39 is 11.9 Å². The van der Waals surface area contributed by atoms with Crippen molar-refractivity contribution >= 4 is 29.3 Å². The molecule has 0 aromatic rings. The Morgan fingerprint density at radius 1 is 0.538 bits per heavy atom. The maximum absolute atomic E-state index is 10.1. The van der Waals surface area contributed by atoms with Crippen LogP contribution in [-0.2, 0) is 9.59 Å². The van der Waals surface area contributed by atoms with Gasteiger partial charge in [-0.1, -0.05) is 90.9 Å². The third-order valence-electron chi connectivity index (χ3n) is 3.99. The Labute approximate surface area is 171 Å². The van der Waals surface area contributed by atoms with Crippen molar-refractivity contribution in [3.63, 3.8) is 0 Å². The summed E-state index contributed by atoms with van der Waals surface area (Å²) in [6.07, 6.45) is 17.3. The molecule has 0 saturated carbocycles. The number of hydrogen-bond donors (Lipinski definition) is 2. The molecule has 5 nitrogen and oxygen atoms in total. The topological polar surface area (TPSA) is 106 Å². The number of carbonyl (C=O) groups is 2. The molecule has 0 aliphatic heterocycles. The zero-order valence-corrected chi connectivity index (χ0v) is 18.3. The monoisotopic (exact) mass is 389 g/mol. The molecule has 0 aliphatic carbocycles. The molecule has 0 atom stereocenters. The van der Waals surface area contributed by atoms with E-state index in [2.05, 4.69) is 13.8 Å². The molecule has 0 aromatic carbocycles. The van der Waals surface area contributed by atoms with Gasteiger partial charge in [-0.25, -0.2) is 0 Å². The van der Waals surface area contributed by atoms with Crippen molar-refractivity contribution in [2.24, 2.45) is 0 Å². The molecule has 0 spiro atoms. The lowest BCUT2D eigenvalue weighted by Gasteiger charge is -1.98. The maximum atomic E-state index is 10.1. The van der Waals surface area contributed by atoms with Crippen LogP contribution in [0.2, 0.25) is 0 Å². The van der Waals surface area contributed by atoms with Gasteiger partial charge in [0, 0.05) is 30.2 Å². The van der Waals surface area contributed by atoms with Crippen LogP contribution in [0.15, 0.2) is 0 Å². The highest BCUT2D eigenvalue weighted by atomic mass is 27.0. The second-order valence-corrected chi connectivity index (χ2v) is 6.53. The highest BCUT2D eigenvalue weighted by molar-refractivity contribution is 5.75. The minimum absolute atomic E-state index is 0. The molecular formula is C20H42AlO5. The Bertz CT molecular complexity index is 257. The van der Waals surface area contributed by atoms with Gasteiger partial charge in [0.15, 0.2) is 0 Å². The summed E-state index contributed by atoms with van der Waals surface area (Å²) in [5.74, 6) is -1.33. The van der Waals surface area contributed by atoms with E-state index in [1.165, 1.54) is 64.2 Å². The van der Waals surface area contributed by atoms with Gasteiger partial charge < -0.3 is 15.7 Å². The van der Waals surface area contributed by atoms with Gasteiger partial charge in [-0.3, -0.25) is 9.59 Å². The van der Waals surface area contributed by atoms with Crippen LogP contribution in [0.5, 0.6) is 0 Å². The quantitative estimate of drug-likeness (QED) is 0.279. The van der Waals surface area contributed by atoms with Gasteiger partial charge in [-0.15, -0.1) is 0 Å². The molecular weight excluding hydrogens is 347 g/mol. The van der Waals surface area contributed by atoms with E-state index >= 15 is 0 Å². The average molecular weight is 390 g/mol. The number of carboxylic acid groups (broad SMARTS) is 2. The Morgan fingerprint density at radius 3 is 1.00 bits per heavy atom. The summed E-state index contributed by atoms with van der Waals surface area (Å²) in [4.78, 5) is 20.3. The summed E-state index contributed by atoms with van der Waals surface area (Å²) in [6.45, 7) is 4.40. The minimum atomic E-state index is -0.663. The Kier molecular flexibility index (Phi) is 37.1. The van der Waals surface area contributed by atoms with E-state index in [0.717, 1.165) is 25.7 Å². The SMILES string of the molecule is CCCCCCCCCC(=O)O.CCCCCCCCCC(=O)O.O.[Al]. The molecule has 0 unspecified atom stereocenters. The number of carboxylic acids is 2. The number of hydrogen-bond acceptors (Lipinski definition) is 2. The van der Waals surface area contributed by atoms with Gasteiger partial charge in [0.25, 0.3) is 0 Å². The van der Waals surface area contributed by atoms with Crippen LogP contribution >= 0.6 is 0 Å². The number of aliphatic carboxylic acids is 2. The third kappa shape index (κ3) is 38.8. The molecule has 0 bridgehead atoms. The van der Waals surface area contributed by atoms with Crippen molar-refractivity contribution in [3.05, 3.63) is 0 Å². The van der Waals surface area contributed by atoms with Crippen LogP contribution in [0.1, 0.15) is 117 Å². The smallest absolute Gasteiger partial charge is 0.303 e. The van der Waals surface area contributed by atoms with Crippen LogP contribution in [0.4, 0.5) is 0 Å². The number of rotatable bonds is 16. The fourth-order valence-corrected chi connectivity index (χ4v) is 2.47. The van der Waals surface area contributed by atoms with Crippen LogP contribution < -0.4 is 0 Å². The van der Waals surface area contributed by atoms with E-state index in [9.17, 15) is 9.59 Å². The average Bonchev–Trinajstić information content (AvgIpc) is 2.53. The van der Waals surface area contributed by atoms with Gasteiger partial charge in [0.2, 0.25) is 0 Å². The maximum Gasteiger partial charge on any atom is 0.303 e. The van der Waals surface area contributed by atoms with Gasteiger partial charge >= 0.3 is 11.9 Å². The first kappa shape index (κ1) is 33.1. The zero-order valence-electron chi connectivity index (χ0n) is 17.1. The Hall–Kier alpha value is -0.568. The largest absolute Gasteiger partial charge is 0.481 e. The molecule has 0 aliphatic rings. The molecule has 155 valence electrons. The van der Waals surface area contributed by atoms with E-state index in [-0.39, 0.29) is 22.8 Å². The van der Waals surface area contributed by atoms with E-state index in [0.29, 0.717) is 12.8 Å². The Balaban J connectivity index is -0.000000173. The summed E-state index contributed by atoms with van der Waals surface area (Å²) in [5.41, 5.74) is 0. The highest BCUT2D eigenvalue weighted by Gasteiger charge is 1.96. The lowest BCUT2D eigenvalue weighted by molar-refractivity contribution is -0.138. The van der Waals surface area contributed by atoms with Crippen molar-refractivity contribution in [2.45, 2.75) is 117 Å². The normalized spacial score (nSPS) is 9.31. The lowest BCUT2D eigenvalue weighted by atomic mass is 10.1. The summed E-state index contributed by atoms with van der Waals surface area (Å²) in [6, 6.07) is 0. The summed E-state index contributed by atoms with van der Waals surface area (Å²) in [5, 5.41) is 16.7. The fourth-order valence-electron chi connectivity index (χ4n) is 2.47. The van der Waals surface area contributed by atoms with Gasteiger partial charge in [-0.05, 0) is 12.8 Å². The Morgan fingerprint density at radius 2 is 0.769 bits per heavy atom. The van der Waals surface area contributed by atoms with E-state index in [1.54, 1.807) is 0 Å². The predicted octanol–water partition coefficient (Wildman–Crippen LogP) is 5.22. The van der Waals surface area contributed by atoms with Crippen molar-refractivity contribution in [1.82, 2.24) is 0 Å². The first-order chi connectivity index (χ1) is 11.5. The highest BCUT2D eigenvalue weighted by Crippen LogP contribution is 2.08. The van der Waals surface area contributed by atoms with Crippen molar-refractivity contribution in [1.29, 1.82) is 0 Å². The summed E-state index contributed by atoms with van der Waals surface area (Å²) >= 11 is 0. The number of unbranched alkanes of at least 4 members (excludes halogenated alkanes) is 12. The first-order valence-electron chi connectivity index (χ1n) is 9.98. The second kappa shape index (κ2) is 29.2. The molecule has 4 N–H and O–H groups in total. The molecule has 0 rings (SSSR count). The van der Waals surface area contributed by atoms with Gasteiger partial charge in [-0.2, -0.15) is 0 Å². The molecule has 26 heavy (non-hydrogen) atoms. The van der Waals surface area contributed by atoms with Crippen LogP contribution in [0.25, 0.3) is 0 Å². The molecule has 0 saturated heterocycles. The fraction of sp³-hybridized carbons (Fsp3) is 0.900. The van der Waals surface area contributed by atoms with Gasteiger partial charge in [0.05, 0.1) is 0 Å². The zero-order chi connectivity index (χ0) is 18.5. The van der Waals surface area contributed by atoms with Crippen molar-refractivity contribution in [2.75, 3.05) is 0 Å². The van der Waals surface area contributed by atoms with Crippen molar-refractivity contribution in [3.8, 4) is 0 Å².